The average Bonchev–Trinajstić information content (AvgIpc) is 2.82. The fourth-order valence-corrected chi connectivity index (χ4v) is 3.03. The average molecular weight is 287 g/mol. The second-order valence-electron chi connectivity index (χ2n) is 6.69. The summed E-state index contributed by atoms with van der Waals surface area (Å²) in [5, 5.41) is 0. The third-order valence-electron chi connectivity index (χ3n) is 4.10. The highest BCUT2D eigenvalue weighted by molar-refractivity contribution is 5.82. The number of rotatable bonds is 3. The number of benzene rings is 1. The van der Waals surface area contributed by atoms with Crippen LogP contribution in [0.15, 0.2) is 42.1 Å². The van der Waals surface area contributed by atoms with Crippen molar-refractivity contribution in [2.75, 3.05) is 7.11 Å². The van der Waals surface area contributed by atoms with Crippen molar-refractivity contribution in [1.82, 2.24) is 4.90 Å². The molecule has 0 unspecified atom stereocenters. The zero-order valence-electron chi connectivity index (χ0n) is 13.4. The largest absolute Gasteiger partial charge is 0.466 e. The Morgan fingerprint density at radius 2 is 2.00 bits per heavy atom. The molecule has 1 aromatic carbocycles. The molecule has 0 N–H and O–H groups in total. The van der Waals surface area contributed by atoms with Gasteiger partial charge in [-0.25, -0.2) is 4.79 Å². The molecular weight excluding hydrogens is 262 g/mol. The van der Waals surface area contributed by atoms with E-state index in [9.17, 15) is 4.79 Å². The highest BCUT2D eigenvalue weighted by atomic mass is 16.5. The maximum Gasteiger partial charge on any atom is 0.332 e. The molecule has 1 aromatic rings. The molecule has 0 amide bonds. The van der Waals surface area contributed by atoms with Crippen LogP contribution in [0.1, 0.15) is 39.2 Å². The van der Waals surface area contributed by atoms with Gasteiger partial charge in [0.1, 0.15) is 0 Å². The van der Waals surface area contributed by atoms with E-state index in [1.54, 1.807) is 6.08 Å². The van der Waals surface area contributed by atoms with Crippen LogP contribution in [0.2, 0.25) is 0 Å². The van der Waals surface area contributed by atoms with Crippen LogP contribution < -0.4 is 0 Å². The standard InChI is InChI=1S/C18H25NO2/c1-18(2,3)16-11-10-15(12-17(20)21-4)19(16)13-14-8-6-5-7-9-14/h5-9,12,16H,10-11,13H2,1-4H3/b15-12-/t16-/m0/s1. The van der Waals surface area contributed by atoms with Crippen LogP contribution in [0.25, 0.3) is 0 Å². The summed E-state index contributed by atoms with van der Waals surface area (Å²) in [5.41, 5.74) is 2.54. The fourth-order valence-electron chi connectivity index (χ4n) is 3.03. The van der Waals surface area contributed by atoms with E-state index in [2.05, 4.69) is 49.9 Å². The molecule has 0 aromatic heterocycles. The first-order valence-corrected chi connectivity index (χ1v) is 7.51. The van der Waals surface area contributed by atoms with Crippen molar-refractivity contribution in [1.29, 1.82) is 0 Å². The molecule has 1 atom stereocenters. The molecule has 1 heterocycles. The molecule has 1 aliphatic rings. The van der Waals surface area contributed by atoms with Crippen LogP contribution in [0, 0.1) is 5.41 Å². The quantitative estimate of drug-likeness (QED) is 0.626. The summed E-state index contributed by atoms with van der Waals surface area (Å²) >= 11 is 0. The summed E-state index contributed by atoms with van der Waals surface area (Å²) in [6.07, 6.45) is 3.66. The predicted molar refractivity (Wildman–Crippen MR) is 84.6 cm³/mol. The number of carbonyl (C=O) groups excluding carboxylic acids is 1. The van der Waals surface area contributed by atoms with Crippen LogP contribution in [-0.4, -0.2) is 24.0 Å². The topological polar surface area (TPSA) is 29.5 Å². The summed E-state index contributed by atoms with van der Waals surface area (Å²) in [7, 11) is 1.43. The minimum atomic E-state index is -0.266. The highest BCUT2D eigenvalue weighted by Crippen LogP contribution is 2.39. The Labute approximate surface area is 127 Å². The minimum Gasteiger partial charge on any atom is -0.466 e. The number of nitrogens with zero attached hydrogens (tertiary/aromatic N) is 1. The number of esters is 1. The predicted octanol–water partition coefficient (Wildman–Crippen LogP) is 3.75. The van der Waals surface area contributed by atoms with Crippen LogP contribution in [0.3, 0.4) is 0 Å². The first-order chi connectivity index (χ1) is 9.91. The molecule has 114 valence electrons. The molecule has 1 saturated heterocycles. The summed E-state index contributed by atoms with van der Waals surface area (Å²) in [6.45, 7) is 7.62. The highest BCUT2D eigenvalue weighted by Gasteiger charge is 2.36. The van der Waals surface area contributed by atoms with Gasteiger partial charge in [-0.3, -0.25) is 0 Å². The van der Waals surface area contributed by atoms with E-state index < -0.39 is 0 Å². The van der Waals surface area contributed by atoms with Gasteiger partial charge in [-0.15, -0.1) is 0 Å². The number of carbonyl (C=O) groups is 1. The molecule has 1 aliphatic heterocycles. The van der Waals surface area contributed by atoms with Crippen molar-refractivity contribution < 1.29 is 9.53 Å². The molecule has 0 bridgehead atoms. The maximum atomic E-state index is 11.6. The zero-order valence-corrected chi connectivity index (χ0v) is 13.4. The molecule has 0 radical (unpaired) electrons. The van der Waals surface area contributed by atoms with Gasteiger partial charge in [-0.1, -0.05) is 51.1 Å². The van der Waals surface area contributed by atoms with Gasteiger partial charge in [0.15, 0.2) is 0 Å². The molecule has 0 saturated carbocycles. The lowest BCUT2D eigenvalue weighted by Crippen LogP contribution is -2.38. The van der Waals surface area contributed by atoms with Crippen molar-refractivity contribution in [2.24, 2.45) is 5.41 Å². The number of likely N-dealkylation sites (tertiary alicyclic amines) is 1. The Hall–Kier alpha value is -1.77. The van der Waals surface area contributed by atoms with Crippen LogP contribution in [0.4, 0.5) is 0 Å². The van der Waals surface area contributed by atoms with Gasteiger partial charge < -0.3 is 9.64 Å². The summed E-state index contributed by atoms with van der Waals surface area (Å²) in [5.74, 6) is -0.266. The normalized spacial score (nSPS) is 20.9. The summed E-state index contributed by atoms with van der Waals surface area (Å²) in [4.78, 5) is 14.0. The Bertz CT molecular complexity index is 514. The number of ether oxygens (including phenoxy) is 1. The molecular formula is C18H25NO2. The lowest BCUT2D eigenvalue weighted by molar-refractivity contribution is -0.135. The van der Waals surface area contributed by atoms with Gasteiger partial charge in [0.2, 0.25) is 0 Å². The first kappa shape index (κ1) is 15.6. The summed E-state index contributed by atoms with van der Waals surface area (Å²) in [6, 6.07) is 10.8. The van der Waals surface area contributed by atoms with Gasteiger partial charge in [0, 0.05) is 24.4 Å². The monoisotopic (exact) mass is 287 g/mol. The Balaban J connectivity index is 2.27. The minimum absolute atomic E-state index is 0.181. The van der Waals surface area contributed by atoms with Gasteiger partial charge >= 0.3 is 5.97 Å². The Kier molecular flexibility index (Phi) is 4.71. The van der Waals surface area contributed by atoms with E-state index in [1.807, 2.05) is 6.07 Å². The molecule has 2 rings (SSSR count). The Morgan fingerprint density at radius 3 is 2.57 bits per heavy atom. The van der Waals surface area contributed by atoms with Crippen molar-refractivity contribution in [3.8, 4) is 0 Å². The molecule has 3 nitrogen and oxygen atoms in total. The van der Waals surface area contributed by atoms with E-state index in [-0.39, 0.29) is 11.4 Å². The third-order valence-corrected chi connectivity index (χ3v) is 4.10. The van der Waals surface area contributed by atoms with E-state index in [1.165, 1.54) is 12.7 Å². The van der Waals surface area contributed by atoms with Gasteiger partial charge in [-0.05, 0) is 23.8 Å². The van der Waals surface area contributed by atoms with Crippen molar-refractivity contribution in [2.45, 2.75) is 46.2 Å². The van der Waals surface area contributed by atoms with Crippen LogP contribution in [-0.2, 0) is 16.1 Å². The van der Waals surface area contributed by atoms with Gasteiger partial charge in [-0.2, -0.15) is 0 Å². The second-order valence-corrected chi connectivity index (χ2v) is 6.69. The zero-order chi connectivity index (χ0) is 15.5. The smallest absolute Gasteiger partial charge is 0.332 e. The maximum absolute atomic E-state index is 11.6. The SMILES string of the molecule is COC(=O)/C=C1/CC[C@@H](C(C)(C)C)N1Cc1ccccc1. The first-order valence-electron chi connectivity index (χ1n) is 7.51. The molecule has 0 spiro atoms. The number of allylic oxidation sites excluding steroid dienone is 1. The molecule has 3 heteroatoms. The van der Waals surface area contributed by atoms with Crippen LogP contribution in [0.5, 0.6) is 0 Å². The van der Waals surface area contributed by atoms with Crippen molar-refractivity contribution in [3.05, 3.63) is 47.7 Å². The lowest BCUT2D eigenvalue weighted by atomic mass is 9.85. The number of hydrogen-bond donors (Lipinski definition) is 0. The van der Waals surface area contributed by atoms with Crippen molar-refractivity contribution >= 4 is 5.97 Å². The van der Waals surface area contributed by atoms with E-state index in [0.29, 0.717) is 6.04 Å². The van der Waals surface area contributed by atoms with Crippen LogP contribution >= 0.6 is 0 Å². The van der Waals surface area contributed by atoms with E-state index in [0.717, 1.165) is 25.1 Å². The van der Waals surface area contributed by atoms with Gasteiger partial charge in [0.25, 0.3) is 0 Å². The van der Waals surface area contributed by atoms with E-state index in [4.69, 9.17) is 4.74 Å². The number of hydrogen-bond acceptors (Lipinski definition) is 3. The number of methoxy groups -OCH3 is 1. The lowest BCUT2D eigenvalue weighted by Gasteiger charge is -2.37. The molecule has 1 fully saturated rings. The molecule has 21 heavy (non-hydrogen) atoms. The Morgan fingerprint density at radius 1 is 1.33 bits per heavy atom. The summed E-state index contributed by atoms with van der Waals surface area (Å²) < 4.78 is 4.79. The fraction of sp³-hybridized carbons (Fsp3) is 0.500. The molecule has 0 aliphatic carbocycles. The third kappa shape index (κ3) is 3.87. The van der Waals surface area contributed by atoms with E-state index >= 15 is 0 Å². The second kappa shape index (κ2) is 6.33. The van der Waals surface area contributed by atoms with Gasteiger partial charge in [0.05, 0.1) is 7.11 Å². The van der Waals surface area contributed by atoms with Crippen molar-refractivity contribution in [3.63, 3.8) is 0 Å².